The Morgan fingerprint density at radius 3 is 2.88 bits per heavy atom. The van der Waals surface area contributed by atoms with Gasteiger partial charge in [0, 0.05) is 35.7 Å². The Labute approximate surface area is 147 Å². The van der Waals surface area contributed by atoms with Crippen LogP contribution >= 0.6 is 0 Å². The van der Waals surface area contributed by atoms with E-state index in [-0.39, 0.29) is 5.91 Å². The van der Waals surface area contributed by atoms with Gasteiger partial charge in [0.2, 0.25) is 11.7 Å². The second-order valence-corrected chi connectivity index (χ2v) is 7.27. The summed E-state index contributed by atoms with van der Waals surface area (Å²) in [6.07, 6.45) is 4.78. The Morgan fingerprint density at radius 1 is 1.36 bits per heavy atom. The zero-order valence-electron chi connectivity index (χ0n) is 14.7. The molecule has 0 spiro atoms. The number of nitrogens with zero attached hydrogens (tertiary/aromatic N) is 3. The number of hydrogen-bond acceptors (Lipinski definition) is 5. The molecule has 1 heterocycles. The van der Waals surface area contributed by atoms with E-state index in [1.165, 1.54) is 12.8 Å². The van der Waals surface area contributed by atoms with Crippen molar-refractivity contribution in [3.05, 3.63) is 35.7 Å². The highest BCUT2D eigenvalue weighted by Crippen LogP contribution is 2.39. The van der Waals surface area contributed by atoms with Gasteiger partial charge in [0.15, 0.2) is 0 Å². The van der Waals surface area contributed by atoms with Crippen LogP contribution in [0, 0.1) is 0 Å². The molecule has 132 valence electrons. The molecule has 0 saturated heterocycles. The van der Waals surface area contributed by atoms with Gasteiger partial charge in [0.05, 0.1) is 0 Å². The predicted molar refractivity (Wildman–Crippen MR) is 94.3 cm³/mol. The van der Waals surface area contributed by atoms with Crippen molar-refractivity contribution < 1.29 is 9.32 Å². The molecule has 4 rings (SSSR count). The SMILES string of the molecule is C[C@H](CNC(=O)c1cccc(-c2noc(C3CC3)n2)c1)N(C)C1CC1. The number of carbonyl (C=O) groups excluding carboxylic acids is 1. The zero-order valence-corrected chi connectivity index (χ0v) is 14.7. The number of carbonyl (C=O) groups is 1. The molecular formula is C19H24N4O2. The zero-order chi connectivity index (χ0) is 17.4. The van der Waals surface area contributed by atoms with Crippen molar-refractivity contribution in [2.45, 2.75) is 50.6 Å². The summed E-state index contributed by atoms with van der Waals surface area (Å²) in [5.74, 6) is 1.63. The van der Waals surface area contributed by atoms with Gasteiger partial charge in [0.1, 0.15) is 0 Å². The minimum atomic E-state index is -0.0659. The first-order valence-electron chi connectivity index (χ1n) is 9.06. The number of hydrogen-bond donors (Lipinski definition) is 1. The van der Waals surface area contributed by atoms with E-state index in [2.05, 4.69) is 34.3 Å². The molecule has 2 saturated carbocycles. The molecule has 2 aliphatic carbocycles. The first-order chi connectivity index (χ1) is 12.1. The summed E-state index contributed by atoms with van der Waals surface area (Å²) in [5, 5.41) is 7.08. The van der Waals surface area contributed by atoms with Gasteiger partial charge in [-0.05, 0) is 51.8 Å². The lowest BCUT2D eigenvalue weighted by Crippen LogP contribution is -2.41. The summed E-state index contributed by atoms with van der Waals surface area (Å²) < 4.78 is 5.31. The van der Waals surface area contributed by atoms with Crippen LogP contribution in [0.25, 0.3) is 11.4 Å². The van der Waals surface area contributed by atoms with Gasteiger partial charge in [-0.15, -0.1) is 0 Å². The molecule has 1 atom stereocenters. The van der Waals surface area contributed by atoms with E-state index in [9.17, 15) is 4.79 Å². The monoisotopic (exact) mass is 340 g/mol. The van der Waals surface area contributed by atoms with Crippen LogP contribution < -0.4 is 5.32 Å². The van der Waals surface area contributed by atoms with Crippen LogP contribution in [-0.2, 0) is 0 Å². The topological polar surface area (TPSA) is 71.3 Å². The van der Waals surface area contributed by atoms with E-state index in [0.29, 0.717) is 41.8 Å². The third kappa shape index (κ3) is 3.74. The van der Waals surface area contributed by atoms with Crippen molar-refractivity contribution in [1.29, 1.82) is 0 Å². The maximum Gasteiger partial charge on any atom is 0.251 e. The van der Waals surface area contributed by atoms with E-state index in [0.717, 1.165) is 18.4 Å². The molecule has 1 aromatic heterocycles. The highest BCUT2D eigenvalue weighted by atomic mass is 16.5. The minimum Gasteiger partial charge on any atom is -0.350 e. The van der Waals surface area contributed by atoms with E-state index in [1.807, 2.05) is 24.3 Å². The standard InChI is InChI=1S/C19H24N4O2/c1-12(23(2)16-8-9-16)11-20-18(24)15-5-3-4-14(10-15)17-21-19(25-22-17)13-6-7-13/h3-5,10,12-13,16H,6-9,11H2,1-2H3,(H,20,24)/t12-/m1/s1. The molecule has 6 nitrogen and oxygen atoms in total. The van der Waals surface area contributed by atoms with Gasteiger partial charge in [-0.2, -0.15) is 4.98 Å². The van der Waals surface area contributed by atoms with Crippen LogP contribution in [0.15, 0.2) is 28.8 Å². The van der Waals surface area contributed by atoms with E-state index in [1.54, 1.807) is 0 Å². The van der Waals surface area contributed by atoms with E-state index >= 15 is 0 Å². The minimum absolute atomic E-state index is 0.0659. The van der Waals surface area contributed by atoms with Gasteiger partial charge in [-0.1, -0.05) is 17.3 Å². The van der Waals surface area contributed by atoms with E-state index < -0.39 is 0 Å². The Kier molecular flexibility index (Phi) is 4.29. The average molecular weight is 340 g/mol. The Morgan fingerprint density at radius 2 is 2.16 bits per heavy atom. The van der Waals surface area contributed by atoms with Crippen LogP contribution in [0.2, 0.25) is 0 Å². The van der Waals surface area contributed by atoms with Crippen LogP contribution in [0.1, 0.15) is 54.8 Å². The second-order valence-electron chi connectivity index (χ2n) is 7.27. The molecule has 0 unspecified atom stereocenters. The maximum absolute atomic E-state index is 12.5. The molecule has 1 N–H and O–H groups in total. The number of amides is 1. The summed E-state index contributed by atoms with van der Waals surface area (Å²) in [5.41, 5.74) is 1.43. The number of aromatic nitrogens is 2. The fourth-order valence-electron chi connectivity index (χ4n) is 2.98. The molecule has 1 amide bonds. The van der Waals surface area contributed by atoms with Crippen molar-refractivity contribution in [2.24, 2.45) is 0 Å². The molecule has 25 heavy (non-hydrogen) atoms. The lowest BCUT2D eigenvalue weighted by molar-refractivity contribution is 0.0939. The molecule has 0 bridgehead atoms. The van der Waals surface area contributed by atoms with Gasteiger partial charge in [-0.3, -0.25) is 9.69 Å². The fourth-order valence-corrected chi connectivity index (χ4v) is 2.98. The lowest BCUT2D eigenvalue weighted by atomic mass is 10.1. The summed E-state index contributed by atoms with van der Waals surface area (Å²) in [6.45, 7) is 2.79. The van der Waals surface area contributed by atoms with Gasteiger partial charge >= 0.3 is 0 Å². The first-order valence-corrected chi connectivity index (χ1v) is 9.06. The smallest absolute Gasteiger partial charge is 0.251 e. The normalized spacial score (nSPS) is 18.4. The van der Waals surface area contributed by atoms with Crippen LogP contribution in [0.4, 0.5) is 0 Å². The predicted octanol–water partition coefficient (Wildman–Crippen LogP) is 2.83. The summed E-state index contributed by atoms with van der Waals surface area (Å²) in [7, 11) is 2.13. The summed E-state index contributed by atoms with van der Waals surface area (Å²) in [4.78, 5) is 19.3. The van der Waals surface area contributed by atoms with Crippen molar-refractivity contribution in [2.75, 3.05) is 13.6 Å². The van der Waals surface area contributed by atoms with Gasteiger partial charge in [0.25, 0.3) is 5.91 Å². The quantitative estimate of drug-likeness (QED) is 0.839. The third-order valence-corrected chi connectivity index (χ3v) is 5.13. The second kappa shape index (κ2) is 6.59. The van der Waals surface area contributed by atoms with Crippen LogP contribution in [0.5, 0.6) is 0 Å². The summed E-state index contributed by atoms with van der Waals surface area (Å²) >= 11 is 0. The molecule has 2 fully saturated rings. The number of benzene rings is 1. The molecule has 0 radical (unpaired) electrons. The van der Waals surface area contributed by atoms with Crippen molar-refractivity contribution in [3.8, 4) is 11.4 Å². The van der Waals surface area contributed by atoms with Gasteiger partial charge in [-0.25, -0.2) is 0 Å². The van der Waals surface area contributed by atoms with Crippen molar-refractivity contribution in [1.82, 2.24) is 20.4 Å². The fraction of sp³-hybridized carbons (Fsp3) is 0.526. The number of nitrogens with one attached hydrogen (secondary N) is 1. The van der Waals surface area contributed by atoms with E-state index in [4.69, 9.17) is 4.52 Å². The maximum atomic E-state index is 12.5. The molecule has 2 aliphatic rings. The van der Waals surface area contributed by atoms with Crippen molar-refractivity contribution >= 4 is 5.91 Å². The van der Waals surface area contributed by atoms with Crippen LogP contribution in [0.3, 0.4) is 0 Å². The number of rotatable bonds is 7. The molecular weight excluding hydrogens is 316 g/mol. The van der Waals surface area contributed by atoms with Gasteiger partial charge < -0.3 is 9.84 Å². The van der Waals surface area contributed by atoms with Crippen molar-refractivity contribution in [3.63, 3.8) is 0 Å². The largest absolute Gasteiger partial charge is 0.350 e. The lowest BCUT2D eigenvalue weighted by Gasteiger charge is -2.24. The molecule has 6 heteroatoms. The Hall–Kier alpha value is -2.21. The Balaban J connectivity index is 1.40. The Bertz CT molecular complexity index is 764. The van der Waals surface area contributed by atoms with Crippen LogP contribution in [-0.4, -0.2) is 46.6 Å². The molecule has 1 aromatic carbocycles. The molecule has 0 aliphatic heterocycles. The molecule has 2 aromatic rings. The first kappa shape index (κ1) is 16.3. The third-order valence-electron chi connectivity index (χ3n) is 5.13. The average Bonchev–Trinajstić information content (AvgIpc) is 3.57. The number of likely N-dealkylation sites (N-methyl/N-ethyl adjacent to an activating group) is 1. The highest BCUT2D eigenvalue weighted by molar-refractivity contribution is 5.95. The highest BCUT2D eigenvalue weighted by Gasteiger charge is 2.30. The summed E-state index contributed by atoms with van der Waals surface area (Å²) in [6, 6.07) is 8.42.